The van der Waals surface area contributed by atoms with Crippen molar-refractivity contribution in [1.29, 1.82) is 0 Å². The maximum Gasteiger partial charge on any atom is 0.339 e. The highest BCUT2D eigenvalue weighted by Gasteiger charge is 2.34. The maximum atomic E-state index is 12.9. The van der Waals surface area contributed by atoms with Crippen LogP contribution in [0.2, 0.25) is 0 Å². The molecule has 178 valence electrons. The number of guanidine groups is 1. The first-order valence-corrected chi connectivity index (χ1v) is 12.5. The molecule has 1 aromatic carbocycles. The van der Waals surface area contributed by atoms with E-state index in [-0.39, 0.29) is 28.9 Å². The summed E-state index contributed by atoms with van der Waals surface area (Å²) >= 11 is 1.03. The number of nitrogens with two attached hydrogens (primary N) is 1. The summed E-state index contributed by atoms with van der Waals surface area (Å²) in [6.07, 6.45) is 0.442. The molecule has 0 bridgehead atoms. The molecule has 0 saturated heterocycles. The fourth-order valence-corrected chi connectivity index (χ4v) is 5.13. The van der Waals surface area contributed by atoms with Gasteiger partial charge in [-0.15, -0.1) is 10.2 Å². The lowest BCUT2D eigenvalue weighted by Gasteiger charge is -2.16. The number of nitrogens with one attached hydrogen (secondary N) is 3. The summed E-state index contributed by atoms with van der Waals surface area (Å²) in [6.45, 7) is 3.30. The number of carbonyl (C=O) groups is 2. The first-order chi connectivity index (χ1) is 15.8. The quantitative estimate of drug-likeness (QED) is 0.258. The third-order valence-electron chi connectivity index (χ3n) is 4.52. The Hall–Kier alpha value is -2.94. The fourth-order valence-electron chi connectivity index (χ4n) is 2.86. The van der Waals surface area contributed by atoms with E-state index in [0.717, 1.165) is 17.9 Å². The molecule has 1 aliphatic rings. The third kappa shape index (κ3) is 6.54. The summed E-state index contributed by atoms with van der Waals surface area (Å²) < 4.78 is 32.8. The Kier molecular flexibility index (Phi) is 8.43. The highest BCUT2D eigenvalue weighted by molar-refractivity contribution is 7.89. The molecule has 3 rings (SSSR count). The van der Waals surface area contributed by atoms with E-state index in [9.17, 15) is 18.0 Å². The Bertz CT molecular complexity index is 1100. The van der Waals surface area contributed by atoms with Crippen molar-refractivity contribution in [2.24, 2.45) is 10.7 Å². The minimum Gasteiger partial charge on any atom is -0.392 e. The Balaban J connectivity index is 1.87. The van der Waals surface area contributed by atoms with E-state index in [1.165, 1.54) is 12.1 Å². The minimum atomic E-state index is -4.13. The molecule has 0 amide bonds. The number of carbonyl (C=O) groups excluding carboxylic acids is 2. The maximum absolute atomic E-state index is 12.9. The number of esters is 2. The van der Waals surface area contributed by atoms with Crippen LogP contribution in [0.1, 0.15) is 41.9 Å². The molecule has 14 heteroatoms. The summed E-state index contributed by atoms with van der Waals surface area (Å²) in [6, 6.07) is 5.68. The summed E-state index contributed by atoms with van der Waals surface area (Å²) in [7, 11) is -4.13. The van der Waals surface area contributed by atoms with Crippen LogP contribution in [0.25, 0.3) is 0 Å². The second-order valence-electron chi connectivity index (χ2n) is 6.94. The first-order valence-electron chi connectivity index (χ1n) is 10.2. The number of aromatic nitrogens is 2. The number of sulfonamides is 1. The largest absolute Gasteiger partial charge is 0.392 e. The highest BCUT2D eigenvalue weighted by atomic mass is 32.2. The van der Waals surface area contributed by atoms with Gasteiger partial charge in [-0.1, -0.05) is 36.5 Å². The van der Waals surface area contributed by atoms with Gasteiger partial charge in [-0.3, -0.25) is 9.79 Å². The van der Waals surface area contributed by atoms with Crippen LogP contribution in [0.4, 0.5) is 0 Å². The van der Waals surface area contributed by atoms with Crippen molar-refractivity contribution in [3.05, 3.63) is 40.3 Å². The van der Waals surface area contributed by atoms with Crippen LogP contribution in [-0.2, 0) is 24.3 Å². The highest BCUT2D eigenvalue weighted by Crippen LogP contribution is 2.27. The van der Waals surface area contributed by atoms with Gasteiger partial charge < -0.3 is 21.1 Å². The van der Waals surface area contributed by atoms with Gasteiger partial charge in [0.2, 0.25) is 10.0 Å². The second kappa shape index (κ2) is 11.3. The molecule has 2 atom stereocenters. The summed E-state index contributed by atoms with van der Waals surface area (Å²) in [4.78, 5) is 28.8. The lowest BCUT2D eigenvalue weighted by atomic mass is 10.2. The molecule has 12 nitrogen and oxygen atoms in total. The fraction of sp³-hybridized carbons (Fsp3) is 0.421. The SMILES string of the molecule is CCC(NC1=NCCN1)c1nnc(C(NS(=O)(=O)c2ccccc2)C(=O)OC(=O)CCN)s1. The van der Waals surface area contributed by atoms with Gasteiger partial charge in [-0.25, -0.2) is 13.2 Å². The Morgan fingerprint density at radius 2 is 1.97 bits per heavy atom. The van der Waals surface area contributed by atoms with E-state index in [1.54, 1.807) is 18.2 Å². The van der Waals surface area contributed by atoms with Crippen molar-refractivity contribution in [3.8, 4) is 0 Å². The van der Waals surface area contributed by atoms with Gasteiger partial charge in [0.05, 0.1) is 23.9 Å². The van der Waals surface area contributed by atoms with Crippen LogP contribution < -0.4 is 21.1 Å². The molecule has 33 heavy (non-hydrogen) atoms. The van der Waals surface area contributed by atoms with Crippen LogP contribution >= 0.6 is 11.3 Å². The van der Waals surface area contributed by atoms with Gasteiger partial charge in [0, 0.05) is 13.1 Å². The molecular weight excluding hydrogens is 470 g/mol. The molecule has 1 aliphatic heterocycles. The average Bonchev–Trinajstić information content (AvgIpc) is 3.49. The Morgan fingerprint density at radius 3 is 2.61 bits per heavy atom. The van der Waals surface area contributed by atoms with Crippen LogP contribution in [-0.4, -0.2) is 56.1 Å². The number of ether oxygens (including phenoxy) is 1. The number of hydrogen-bond donors (Lipinski definition) is 4. The zero-order chi connectivity index (χ0) is 23.8. The van der Waals surface area contributed by atoms with Crippen molar-refractivity contribution in [2.75, 3.05) is 19.6 Å². The third-order valence-corrected chi connectivity index (χ3v) is 7.06. The van der Waals surface area contributed by atoms with Gasteiger partial charge in [-0.2, -0.15) is 4.72 Å². The summed E-state index contributed by atoms with van der Waals surface area (Å²) in [5.41, 5.74) is 5.32. The molecule has 0 radical (unpaired) electrons. The van der Waals surface area contributed by atoms with Gasteiger partial charge in [0.1, 0.15) is 10.0 Å². The average molecular weight is 496 g/mol. The molecule has 1 aromatic heterocycles. The summed E-state index contributed by atoms with van der Waals surface area (Å²) in [5.74, 6) is -1.35. The number of rotatable bonds is 10. The zero-order valence-electron chi connectivity index (χ0n) is 17.9. The Labute approximate surface area is 195 Å². The lowest BCUT2D eigenvalue weighted by molar-refractivity contribution is -0.160. The number of benzene rings is 1. The number of hydrogen-bond acceptors (Lipinski definition) is 12. The van der Waals surface area contributed by atoms with Gasteiger partial charge in [-0.05, 0) is 18.6 Å². The Morgan fingerprint density at radius 1 is 1.24 bits per heavy atom. The monoisotopic (exact) mass is 495 g/mol. The topological polar surface area (TPSA) is 178 Å². The standard InChI is InChI=1S/C19H25N7O5S2/c1-2-13(23-19-21-10-11-22-19)16-24-25-17(32-16)15(18(28)31-14(27)8-9-20)26-33(29,30)12-6-4-3-5-7-12/h3-7,13,15,26H,2,8-11,20H2,1H3,(H2,21,22,23). The molecule has 2 heterocycles. The van der Waals surface area contributed by atoms with E-state index >= 15 is 0 Å². The van der Waals surface area contributed by atoms with Gasteiger partial charge in [0.15, 0.2) is 12.0 Å². The molecule has 5 N–H and O–H groups in total. The number of nitrogens with zero attached hydrogens (tertiary/aromatic N) is 3. The lowest BCUT2D eigenvalue weighted by Crippen LogP contribution is -2.36. The molecule has 0 spiro atoms. The number of aliphatic imine (C=N–C) groups is 1. The first kappa shape index (κ1) is 24.7. The van der Waals surface area contributed by atoms with E-state index in [1.807, 2.05) is 6.92 Å². The minimum absolute atomic E-state index is 0.0166. The van der Waals surface area contributed by atoms with E-state index in [0.29, 0.717) is 23.9 Å². The molecule has 2 aromatic rings. The van der Waals surface area contributed by atoms with Crippen molar-refractivity contribution in [1.82, 2.24) is 25.6 Å². The van der Waals surface area contributed by atoms with Crippen molar-refractivity contribution in [3.63, 3.8) is 0 Å². The molecule has 2 unspecified atom stereocenters. The molecule has 0 fully saturated rings. The predicted molar refractivity (Wildman–Crippen MR) is 121 cm³/mol. The smallest absolute Gasteiger partial charge is 0.339 e. The van der Waals surface area contributed by atoms with Crippen LogP contribution in [0.15, 0.2) is 40.2 Å². The second-order valence-corrected chi connectivity index (χ2v) is 9.69. The van der Waals surface area contributed by atoms with Crippen molar-refractivity contribution in [2.45, 2.75) is 36.7 Å². The van der Waals surface area contributed by atoms with Crippen molar-refractivity contribution >= 4 is 39.3 Å². The normalized spacial score (nSPS) is 15.3. The zero-order valence-corrected chi connectivity index (χ0v) is 19.5. The van der Waals surface area contributed by atoms with Crippen LogP contribution in [0, 0.1) is 0 Å². The predicted octanol–water partition coefficient (Wildman–Crippen LogP) is -0.0238. The van der Waals surface area contributed by atoms with Gasteiger partial charge >= 0.3 is 11.9 Å². The summed E-state index contributed by atoms with van der Waals surface area (Å²) in [5, 5.41) is 15.0. The van der Waals surface area contributed by atoms with E-state index < -0.39 is 28.0 Å². The van der Waals surface area contributed by atoms with E-state index in [4.69, 9.17) is 10.5 Å². The molecular formula is C19H25N7O5S2. The van der Waals surface area contributed by atoms with Gasteiger partial charge in [0.25, 0.3) is 0 Å². The van der Waals surface area contributed by atoms with Crippen LogP contribution in [0.5, 0.6) is 0 Å². The van der Waals surface area contributed by atoms with E-state index in [2.05, 4.69) is 30.5 Å². The molecule has 0 aliphatic carbocycles. The van der Waals surface area contributed by atoms with Crippen LogP contribution in [0.3, 0.4) is 0 Å². The molecule has 0 saturated carbocycles. The van der Waals surface area contributed by atoms with Crippen molar-refractivity contribution < 1.29 is 22.7 Å².